The van der Waals surface area contributed by atoms with Crippen LogP contribution in [0.2, 0.25) is 0 Å². The van der Waals surface area contributed by atoms with Gasteiger partial charge in [0, 0.05) is 26.2 Å². The summed E-state index contributed by atoms with van der Waals surface area (Å²) in [7, 11) is 3.94. The molecule has 2 fully saturated rings. The van der Waals surface area contributed by atoms with Gasteiger partial charge in [-0.2, -0.15) is 0 Å². The highest BCUT2D eigenvalue weighted by Gasteiger charge is 2.40. The Morgan fingerprint density at radius 3 is 2.72 bits per heavy atom. The lowest BCUT2D eigenvalue weighted by Crippen LogP contribution is -2.37. The molecule has 0 aliphatic carbocycles. The number of carbonyl (C=O) groups is 1. The molecule has 7 heteroatoms. The number of carbonyl (C=O) groups excluding carboxylic acids is 1. The summed E-state index contributed by atoms with van der Waals surface area (Å²) in [6.07, 6.45) is 6.53. The van der Waals surface area contributed by atoms with E-state index in [2.05, 4.69) is 9.47 Å². The van der Waals surface area contributed by atoms with Crippen LogP contribution in [0.5, 0.6) is 11.5 Å². The van der Waals surface area contributed by atoms with Gasteiger partial charge in [0.25, 0.3) is 0 Å². The Morgan fingerprint density at radius 1 is 1.10 bits per heavy atom. The van der Waals surface area contributed by atoms with E-state index in [9.17, 15) is 4.79 Å². The van der Waals surface area contributed by atoms with Gasteiger partial charge in [0.2, 0.25) is 12.7 Å². The second kappa shape index (κ2) is 7.37. The summed E-state index contributed by atoms with van der Waals surface area (Å²) in [4.78, 5) is 22.0. The molecule has 0 bridgehead atoms. The van der Waals surface area contributed by atoms with Crippen LogP contribution in [0.3, 0.4) is 0 Å². The standard InChI is InChI=1S/C22H28N4O3/c1-24-18(15-6-7-19-20(11-15)29-14-28-19)12-23-21(24)17-10-16(22(27)25(17)2)13-26-8-4-3-5-9-26/h6-7,11-12,16-17H,3-5,8-10,13-14H2,1-2H3. The number of piperidine rings is 1. The van der Waals surface area contributed by atoms with E-state index < -0.39 is 0 Å². The maximum Gasteiger partial charge on any atom is 0.231 e. The minimum absolute atomic E-state index is 0.0186. The quantitative estimate of drug-likeness (QED) is 0.795. The fourth-order valence-corrected chi connectivity index (χ4v) is 4.91. The lowest BCUT2D eigenvalue weighted by atomic mass is 10.0. The summed E-state index contributed by atoms with van der Waals surface area (Å²) in [5.41, 5.74) is 2.05. The number of aromatic nitrogens is 2. The zero-order valence-corrected chi connectivity index (χ0v) is 17.1. The van der Waals surface area contributed by atoms with E-state index in [1.165, 1.54) is 19.3 Å². The zero-order valence-electron chi connectivity index (χ0n) is 17.1. The van der Waals surface area contributed by atoms with Crippen LogP contribution in [0, 0.1) is 5.92 Å². The lowest BCUT2D eigenvalue weighted by molar-refractivity contribution is -0.131. The average Bonchev–Trinajstić information content (AvgIpc) is 3.42. The number of fused-ring (bicyclic) bond motifs is 1. The number of likely N-dealkylation sites (tertiary alicyclic amines) is 2. The molecule has 5 rings (SSSR count). The monoisotopic (exact) mass is 396 g/mol. The van der Waals surface area contributed by atoms with Crippen LogP contribution in [0.4, 0.5) is 0 Å². The largest absolute Gasteiger partial charge is 0.454 e. The van der Waals surface area contributed by atoms with Crippen LogP contribution in [0.25, 0.3) is 11.3 Å². The van der Waals surface area contributed by atoms with Crippen LogP contribution < -0.4 is 9.47 Å². The first-order valence-electron chi connectivity index (χ1n) is 10.5. The van der Waals surface area contributed by atoms with Crippen LogP contribution >= 0.6 is 0 Å². The first kappa shape index (κ1) is 18.5. The van der Waals surface area contributed by atoms with Gasteiger partial charge in [-0.15, -0.1) is 0 Å². The maximum absolute atomic E-state index is 12.9. The summed E-state index contributed by atoms with van der Waals surface area (Å²) in [5.74, 6) is 2.79. The second-order valence-corrected chi connectivity index (χ2v) is 8.39. The van der Waals surface area contributed by atoms with Crippen molar-refractivity contribution in [1.29, 1.82) is 0 Å². The topological polar surface area (TPSA) is 59.8 Å². The first-order valence-corrected chi connectivity index (χ1v) is 10.5. The van der Waals surface area contributed by atoms with E-state index in [1.807, 2.05) is 43.4 Å². The van der Waals surface area contributed by atoms with Gasteiger partial charge in [-0.1, -0.05) is 6.42 Å². The van der Waals surface area contributed by atoms with Crippen molar-refractivity contribution in [2.45, 2.75) is 31.7 Å². The normalized spacial score (nSPS) is 24.5. The average molecular weight is 396 g/mol. The molecule has 0 N–H and O–H groups in total. The Hall–Kier alpha value is -2.54. The minimum Gasteiger partial charge on any atom is -0.454 e. The molecule has 3 aliphatic rings. The van der Waals surface area contributed by atoms with Gasteiger partial charge in [-0.25, -0.2) is 4.98 Å². The number of hydrogen-bond acceptors (Lipinski definition) is 5. The minimum atomic E-state index is 0.0186. The van der Waals surface area contributed by atoms with Gasteiger partial charge in [0.15, 0.2) is 11.5 Å². The summed E-state index contributed by atoms with van der Waals surface area (Å²) in [6, 6.07) is 5.97. The van der Waals surface area contributed by atoms with Gasteiger partial charge in [0.1, 0.15) is 5.82 Å². The Labute approximate surface area is 171 Å². The molecule has 154 valence electrons. The molecule has 0 saturated carbocycles. The summed E-state index contributed by atoms with van der Waals surface area (Å²) in [5, 5.41) is 0. The highest BCUT2D eigenvalue weighted by Crippen LogP contribution is 2.39. The van der Waals surface area contributed by atoms with Crippen molar-refractivity contribution in [3.8, 4) is 22.8 Å². The fourth-order valence-electron chi connectivity index (χ4n) is 4.91. The Morgan fingerprint density at radius 2 is 1.90 bits per heavy atom. The molecule has 0 radical (unpaired) electrons. The number of benzene rings is 1. The molecule has 1 aromatic carbocycles. The van der Waals surface area contributed by atoms with E-state index >= 15 is 0 Å². The predicted molar refractivity (Wildman–Crippen MR) is 109 cm³/mol. The van der Waals surface area contributed by atoms with Gasteiger partial charge < -0.3 is 23.8 Å². The zero-order chi connectivity index (χ0) is 20.0. The number of imidazole rings is 1. The van der Waals surface area contributed by atoms with Crippen molar-refractivity contribution in [3.05, 3.63) is 30.2 Å². The van der Waals surface area contributed by atoms with E-state index in [1.54, 1.807) is 0 Å². The molecule has 3 aliphatic heterocycles. The molecule has 2 unspecified atom stereocenters. The SMILES string of the molecule is CN1C(=O)C(CN2CCCCC2)CC1c1ncc(-c2ccc3c(c2)OCO3)n1C. The smallest absolute Gasteiger partial charge is 0.231 e. The molecule has 1 amide bonds. The number of hydrogen-bond donors (Lipinski definition) is 0. The van der Waals surface area contributed by atoms with E-state index in [0.717, 1.165) is 54.6 Å². The molecule has 1 aromatic heterocycles. The highest BCUT2D eigenvalue weighted by atomic mass is 16.7. The molecule has 0 spiro atoms. The van der Waals surface area contributed by atoms with E-state index in [4.69, 9.17) is 14.5 Å². The molecule has 4 heterocycles. The highest BCUT2D eigenvalue weighted by molar-refractivity contribution is 5.81. The third kappa shape index (κ3) is 3.27. The lowest BCUT2D eigenvalue weighted by Gasteiger charge is -2.28. The molecule has 2 saturated heterocycles. The second-order valence-electron chi connectivity index (χ2n) is 8.39. The van der Waals surface area contributed by atoms with Gasteiger partial charge in [-0.3, -0.25) is 4.79 Å². The van der Waals surface area contributed by atoms with E-state index in [-0.39, 0.29) is 24.7 Å². The Balaban J connectivity index is 1.36. The van der Waals surface area contributed by atoms with Crippen molar-refractivity contribution < 1.29 is 14.3 Å². The van der Waals surface area contributed by atoms with Gasteiger partial charge in [0.05, 0.1) is 23.9 Å². The Kier molecular flexibility index (Phi) is 4.70. The van der Waals surface area contributed by atoms with Gasteiger partial charge >= 0.3 is 0 Å². The van der Waals surface area contributed by atoms with Gasteiger partial charge in [-0.05, 0) is 50.6 Å². The van der Waals surface area contributed by atoms with Crippen LogP contribution in [-0.2, 0) is 11.8 Å². The number of amides is 1. The van der Waals surface area contributed by atoms with Crippen molar-refractivity contribution in [3.63, 3.8) is 0 Å². The Bertz CT molecular complexity index is 919. The molecular formula is C22H28N4O3. The van der Waals surface area contributed by atoms with E-state index in [0.29, 0.717) is 0 Å². The number of ether oxygens (including phenoxy) is 2. The maximum atomic E-state index is 12.9. The molecule has 2 aromatic rings. The predicted octanol–water partition coefficient (Wildman–Crippen LogP) is 2.82. The van der Waals surface area contributed by atoms with Crippen molar-refractivity contribution in [2.75, 3.05) is 33.5 Å². The third-order valence-corrected chi connectivity index (χ3v) is 6.59. The summed E-state index contributed by atoms with van der Waals surface area (Å²) >= 11 is 0. The van der Waals surface area contributed by atoms with Crippen molar-refractivity contribution >= 4 is 5.91 Å². The summed E-state index contributed by atoms with van der Waals surface area (Å²) < 4.78 is 13.0. The molecule has 29 heavy (non-hydrogen) atoms. The summed E-state index contributed by atoms with van der Waals surface area (Å²) in [6.45, 7) is 3.38. The van der Waals surface area contributed by atoms with Crippen LogP contribution in [0.15, 0.2) is 24.4 Å². The van der Waals surface area contributed by atoms with Crippen LogP contribution in [-0.4, -0.2) is 58.7 Å². The third-order valence-electron chi connectivity index (χ3n) is 6.59. The van der Waals surface area contributed by atoms with Crippen LogP contribution in [0.1, 0.15) is 37.5 Å². The van der Waals surface area contributed by atoms with Crippen molar-refractivity contribution in [1.82, 2.24) is 19.4 Å². The number of nitrogens with zero attached hydrogens (tertiary/aromatic N) is 4. The number of rotatable bonds is 4. The molecule has 2 atom stereocenters. The molecule has 7 nitrogen and oxygen atoms in total. The first-order chi connectivity index (χ1) is 14.1. The van der Waals surface area contributed by atoms with Crippen molar-refractivity contribution in [2.24, 2.45) is 13.0 Å². The molecular weight excluding hydrogens is 368 g/mol. The fraction of sp³-hybridized carbons (Fsp3) is 0.545.